The molecule has 0 radical (unpaired) electrons. The zero-order valence-corrected chi connectivity index (χ0v) is 9.81. The van der Waals surface area contributed by atoms with E-state index in [0.29, 0.717) is 17.0 Å². The molecule has 0 fully saturated rings. The maximum Gasteiger partial charge on any atom is 0.133 e. The Morgan fingerprint density at radius 3 is 2.73 bits per heavy atom. The Morgan fingerprint density at radius 1 is 1.47 bits per heavy atom. The molecule has 0 aliphatic heterocycles. The quantitative estimate of drug-likeness (QED) is 0.829. The standard InChI is InChI=1S/C12H16ClFO/c1-3-4-5-10(15)11-9(13)7-6-8(2)12(11)14/h6-7,10,15H,3-5H2,1-2H3. The lowest BCUT2D eigenvalue weighted by Crippen LogP contribution is -2.03. The highest BCUT2D eigenvalue weighted by Gasteiger charge is 2.17. The lowest BCUT2D eigenvalue weighted by molar-refractivity contribution is 0.159. The molecule has 0 saturated carbocycles. The van der Waals surface area contributed by atoms with E-state index in [-0.39, 0.29) is 11.4 Å². The number of aliphatic hydroxyl groups excluding tert-OH is 1. The topological polar surface area (TPSA) is 20.2 Å². The molecule has 0 aliphatic carbocycles. The number of benzene rings is 1. The van der Waals surface area contributed by atoms with Crippen LogP contribution in [0.15, 0.2) is 12.1 Å². The van der Waals surface area contributed by atoms with Gasteiger partial charge in [-0.3, -0.25) is 0 Å². The van der Waals surface area contributed by atoms with Crippen LogP contribution in [-0.4, -0.2) is 5.11 Å². The van der Waals surface area contributed by atoms with Crippen molar-refractivity contribution in [3.8, 4) is 0 Å². The second kappa shape index (κ2) is 5.47. The summed E-state index contributed by atoms with van der Waals surface area (Å²) < 4.78 is 13.7. The number of rotatable bonds is 4. The second-order valence-electron chi connectivity index (χ2n) is 3.75. The summed E-state index contributed by atoms with van der Waals surface area (Å²) in [5, 5.41) is 10.1. The van der Waals surface area contributed by atoms with E-state index in [1.807, 2.05) is 6.92 Å². The van der Waals surface area contributed by atoms with Crippen molar-refractivity contribution < 1.29 is 9.50 Å². The summed E-state index contributed by atoms with van der Waals surface area (Å²) in [6.45, 7) is 3.70. The van der Waals surface area contributed by atoms with Gasteiger partial charge < -0.3 is 5.11 Å². The van der Waals surface area contributed by atoms with Crippen molar-refractivity contribution >= 4 is 11.6 Å². The fraction of sp³-hybridized carbons (Fsp3) is 0.500. The van der Waals surface area contributed by atoms with Gasteiger partial charge in [0, 0.05) is 10.6 Å². The zero-order valence-electron chi connectivity index (χ0n) is 9.06. The Labute approximate surface area is 94.9 Å². The minimum absolute atomic E-state index is 0.241. The largest absolute Gasteiger partial charge is 0.388 e. The third-order valence-electron chi connectivity index (χ3n) is 2.48. The van der Waals surface area contributed by atoms with E-state index in [2.05, 4.69) is 0 Å². The van der Waals surface area contributed by atoms with Gasteiger partial charge in [0.1, 0.15) is 5.82 Å². The number of unbranched alkanes of at least 4 members (excludes halogenated alkanes) is 1. The van der Waals surface area contributed by atoms with Crippen molar-refractivity contribution in [1.82, 2.24) is 0 Å². The van der Waals surface area contributed by atoms with Gasteiger partial charge in [0.25, 0.3) is 0 Å². The molecule has 1 atom stereocenters. The number of aryl methyl sites for hydroxylation is 1. The molecule has 1 N–H and O–H groups in total. The summed E-state index contributed by atoms with van der Waals surface area (Å²) in [6.07, 6.45) is 1.60. The number of hydrogen-bond acceptors (Lipinski definition) is 1. The molecule has 0 spiro atoms. The maximum atomic E-state index is 13.7. The van der Waals surface area contributed by atoms with Crippen LogP contribution in [0.5, 0.6) is 0 Å². The van der Waals surface area contributed by atoms with Crippen molar-refractivity contribution in [1.29, 1.82) is 0 Å². The molecule has 1 aromatic carbocycles. The Morgan fingerprint density at radius 2 is 2.13 bits per heavy atom. The predicted octanol–water partition coefficient (Wildman–Crippen LogP) is 4.01. The molecule has 0 amide bonds. The summed E-state index contributed by atoms with van der Waals surface area (Å²) in [5.74, 6) is -0.383. The minimum Gasteiger partial charge on any atom is -0.388 e. The van der Waals surface area contributed by atoms with Gasteiger partial charge in [0.15, 0.2) is 0 Å². The fourth-order valence-corrected chi connectivity index (χ4v) is 1.80. The number of hydrogen-bond donors (Lipinski definition) is 1. The van der Waals surface area contributed by atoms with Gasteiger partial charge in [0.05, 0.1) is 6.10 Å². The molecule has 0 saturated heterocycles. The smallest absolute Gasteiger partial charge is 0.133 e. The molecule has 0 heterocycles. The lowest BCUT2D eigenvalue weighted by atomic mass is 10.0. The van der Waals surface area contributed by atoms with E-state index in [1.54, 1.807) is 19.1 Å². The van der Waals surface area contributed by atoms with Gasteiger partial charge in [0.2, 0.25) is 0 Å². The summed E-state index contributed by atoms with van der Waals surface area (Å²) in [6, 6.07) is 3.25. The van der Waals surface area contributed by atoms with Gasteiger partial charge in [-0.2, -0.15) is 0 Å². The van der Waals surface area contributed by atoms with Crippen LogP contribution in [0.25, 0.3) is 0 Å². The average molecular weight is 231 g/mol. The Hall–Kier alpha value is -0.600. The number of aliphatic hydroxyl groups is 1. The van der Waals surface area contributed by atoms with Gasteiger partial charge in [-0.15, -0.1) is 0 Å². The molecular weight excluding hydrogens is 215 g/mol. The second-order valence-corrected chi connectivity index (χ2v) is 4.16. The molecule has 1 unspecified atom stereocenters. The molecule has 84 valence electrons. The van der Waals surface area contributed by atoms with Crippen LogP contribution in [0.4, 0.5) is 4.39 Å². The van der Waals surface area contributed by atoms with E-state index in [9.17, 15) is 9.50 Å². The normalized spacial score (nSPS) is 12.9. The SMILES string of the molecule is CCCCC(O)c1c(Cl)ccc(C)c1F. The summed E-state index contributed by atoms with van der Waals surface area (Å²) in [7, 11) is 0. The Balaban J connectivity index is 2.96. The van der Waals surface area contributed by atoms with Crippen LogP contribution < -0.4 is 0 Å². The van der Waals surface area contributed by atoms with Gasteiger partial charge >= 0.3 is 0 Å². The van der Waals surface area contributed by atoms with Crippen molar-refractivity contribution in [2.24, 2.45) is 0 Å². The Bertz CT molecular complexity index is 339. The minimum atomic E-state index is -0.794. The van der Waals surface area contributed by atoms with Crippen molar-refractivity contribution in [3.05, 3.63) is 34.1 Å². The van der Waals surface area contributed by atoms with Gasteiger partial charge in [-0.05, 0) is 25.0 Å². The molecule has 15 heavy (non-hydrogen) atoms. The monoisotopic (exact) mass is 230 g/mol. The first kappa shape index (κ1) is 12.5. The lowest BCUT2D eigenvalue weighted by Gasteiger charge is -2.14. The van der Waals surface area contributed by atoms with Crippen LogP contribution in [-0.2, 0) is 0 Å². The van der Waals surface area contributed by atoms with E-state index in [4.69, 9.17) is 11.6 Å². The molecular formula is C12H16ClFO. The zero-order chi connectivity index (χ0) is 11.4. The van der Waals surface area contributed by atoms with E-state index in [0.717, 1.165) is 12.8 Å². The third-order valence-corrected chi connectivity index (χ3v) is 2.81. The van der Waals surface area contributed by atoms with E-state index >= 15 is 0 Å². The van der Waals surface area contributed by atoms with Crippen LogP contribution in [0.2, 0.25) is 5.02 Å². The molecule has 0 aromatic heterocycles. The third kappa shape index (κ3) is 2.93. The molecule has 3 heteroatoms. The molecule has 1 rings (SSSR count). The van der Waals surface area contributed by atoms with Crippen LogP contribution in [0, 0.1) is 12.7 Å². The summed E-state index contributed by atoms with van der Waals surface area (Å²) in [5.41, 5.74) is 0.759. The summed E-state index contributed by atoms with van der Waals surface area (Å²) in [4.78, 5) is 0. The first-order chi connectivity index (χ1) is 7.07. The van der Waals surface area contributed by atoms with Gasteiger partial charge in [-0.25, -0.2) is 4.39 Å². The summed E-state index contributed by atoms with van der Waals surface area (Å²) >= 11 is 5.88. The highest BCUT2D eigenvalue weighted by molar-refractivity contribution is 6.31. The maximum absolute atomic E-state index is 13.7. The van der Waals surface area contributed by atoms with Crippen LogP contribution in [0.1, 0.15) is 43.4 Å². The van der Waals surface area contributed by atoms with Gasteiger partial charge in [-0.1, -0.05) is 37.4 Å². The first-order valence-corrected chi connectivity index (χ1v) is 5.58. The van der Waals surface area contributed by atoms with Crippen LogP contribution in [0.3, 0.4) is 0 Å². The van der Waals surface area contributed by atoms with Crippen molar-refractivity contribution in [3.63, 3.8) is 0 Å². The van der Waals surface area contributed by atoms with Crippen molar-refractivity contribution in [2.45, 2.75) is 39.2 Å². The highest BCUT2D eigenvalue weighted by Crippen LogP contribution is 2.30. The predicted molar refractivity (Wildman–Crippen MR) is 60.6 cm³/mol. The molecule has 1 nitrogen and oxygen atoms in total. The van der Waals surface area contributed by atoms with Crippen molar-refractivity contribution in [2.75, 3.05) is 0 Å². The molecule has 1 aromatic rings. The Kier molecular flexibility index (Phi) is 4.55. The average Bonchev–Trinajstić information content (AvgIpc) is 2.21. The fourth-order valence-electron chi connectivity index (χ4n) is 1.53. The first-order valence-electron chi connectivity index (χ1n) is 5.20. The van der Waals surface area contributed by atoms with Crippen LogP contribution >= 0.6 is 11.6 Å². The van der Waals surface area contributed by atoms with E-state index < -0.39 is 6.10 Å². The molecule has 0 bridgehead atoms. The van der Waals surface area contributed by atoms with E-state index in [1.165, 1.54) is 0 Å². The highest BCUT2D eigenvalue weighted by atomic mass is 35.5. The number of halogens is 2. The molecule has 0 aliphatic rings.